The Labute approximate surface area is 148 Å². The summed E-state index contributed by atoms with van der Waals surface area (Å²) >= 11 is 0. The molecule has 0 unspecified atom stereocenters. The Bertz CT molecular complexity index is 657. The highest BCUT2D eigenvalue weighted by Crippen LogP contribution is 2.15. The SMILES string of the molecule is CCOc1ccc(/C=C(\C#N)C(=O)OCC(=O)N[C@@H](C)C(C)C)cc1. The summed E-state index contributed by atoms with van der Waals surface area (Å²) in [4.78, 5) is 23.7. The monoisotopic (exact) mass is 344 g/mol. The van der Waals surface area contributed by atoms with Crippen LogP contribution in [0, 0.1) is 17.2 Å². The van der Waals surface area contributed by atoms with Crippen LogP contribution in [-0.2, 0) is 14.3 Å². The van der Waals surface area contributed by atoms with E-state index in [1.807, 2.05) is 27.7 Å². The van der Waals surface area contributed by atoms with Crippen molar-refractivity contribution in [2.24, 2.45) is 5.92 Å². The van der Waals surface area contributed by atoms with Crippen LogP contribution in [0.3, 0.4) is 0 Å². The Hall–Kier alpha value is -2.81. The van der Waals surface area contributed by atoms with Gasteiger partial charge in [-0.2, -0.15) is 5.26 Å². The zero-order valence-corrected chi connectivity index (χ0v) is 15.0. The molecule has 6 nitrogen and oxygen atoms in total. The fourth-order valence-corrected chi connectivity index (χ4v) is 1.80. The molecule has 1 rings (SSSR count). The highest BCUT2D eigenvalue weighted by atomic mass is 16.5. The molecule has 1 aromatic carbocycles. The van der Waals surface area contributed by atoms with Gasteiger partial charge in [-0.25, -0.2) is 4.79 Å². The van der Waals surface area contributed by atoms with E-state index in [2.05, 4.69) is 5.32 Å². The molecule has 0 saturated carbocycles. The standard InChI is InChI=1S/C19H24N2O4/c1-5-24-17-8-6-15(7-9-17)10-16(11-20)19(23)25-12-18(22)21-14(4)13(2)3/h6-10,13-14H,5,12H2,1-4H3,(H,21,22)/b16-10+/t14-/m0/s1. The largest absolute Gasteiger partial charge is 0.494 e. The molecule has 0 saturated heterocycles. The quantitative estimate of drug-likeness (QED) is 0.445. The van der Waals surface area contributed by atoms with Crippen LogP contribution in [0.5, 0.6) is 5.75 Å². The van der Waals surface area contributed by atoms with Crippen molar-refractivity contribution in [3.63, 3.8) is 0 Å². The van der Waals surface area contributed by atoms with Crippen molar-refractivity contribution in [1.82, 2.24) is 5.32 Å². The lowest BCUT2D eigenvalue weighted by Crippen LogP contribution is -2.38. The number of carbonyl (C=O) groups is 2. The second-order valence-corrected chi connectivity index (χ2v) is 5.85. The van der Waals surface area contributed by atoms with Crippen molar-refractivity contribution in [3.8, 4) is 11.8 Å². The van der Waals surface area contributed by atoms with E-state index in [0.717, 1.165) is 0 Å². The molecular weight excluding hydrogens is 320 g/mol. The van der Waals surface area contributed by atoms with Crippen LogP contribution in [0.1, 0.15) is 33.3 Å². The minimum Gasteiger partial charge on any atom is -0.494 e. The van der Waals surface area contributed by atoms with Gasteiger partial charge in [0.1, 0.15) is 17.4 Å². The Balaban J connectivity index is 2.65. The molecule has 0 aliphatic rings. The molecule has 0 aliphatic carbocycles. The topological polar surface area (TPSA) is 88.4 Å². The van der Waals surface area contributed by atoms with E-state index in [0.29, 0.717) is 17.9 Å². The summed E-state index contributed by atoms with van der Waals surface area (Å²) in [6, 6.07) is 8.72. The molecule has 0 radical (unpaired) electrons. The van der Waals surface area contributed by atoms with E-state index in [4.69, 9.17) is 14.7 Å². The zero-order valence-electron chi connectivity index (χ0n) is 15.0. The predicted molar refractivity (Wildman–Crippen MR) is 94.6 cm³/mol. The molecule has 1 atom stereocenters. The fraction of sp³-hybridized carbons (Fsp3) is 0.421. The minimum absolute atomic E-state index is 0.0268. The number of nitriles is 1. The number of esters is 1. The molecule has 0 aliphatic heterocycles. The smallest absolute Gasteiger partial charge is 0.349 e. The van der Waals surface area contributed by atoms with Crippen molar-refractivity contribution in [2.45, 2.75) is 33.7 Å². The molecule has 0 heterocycles. The van der Waals surface area contributed by atoms with Gasteiger partial charge in [0, 0.05) is 6.04 Å². The summed E-state index contributed by atoms with van der Waals surface area (Å²) in [5, 5.41) is 11.9. The maximum atomic E-state index is 12.0. The summed E-state index contributed by atoms with van der Waals surface area (Å²) in [6.45, 7) is 7.85. The first-order chi connectivity index (χ1) is 11.9. The number of hydrogen-bond donors (Lipinski definition) is 1. The number of nitrogens with one attached hydrogen (secondary N) is 1. The first kappa shape index (κ1) is 20.2. The second-order valence-electron chi connectivity index (χ2n) is 5.85. The Morgan fingerprint density at radius 2 is 1.88 bits per heavy atom. The van der Waals surface area contributed by atoms with Crippen LogP contribution in [-0.4, -0.2) is 31.1 Å². The number of ether oxygens (including phenoxy) is 2. The lowest BCUT2D eigenvalue weighted by Gasteiger charge is -2.17. The Morgan fingerprint density at radius 1 is 1.24 bits per heavy atom. The van der Waals surface area contributed by atoms with Crippen LogP contribution >= 0.6 is 0 Å². The van der Waals surface area contributed by atoms with E-state index in [1.165, 1.54) is 6.08 Å². The molecule has 1 aromatic rings. The van der Waals surface area contributed by atoms with E-state index < -0.39 is 18.5 Å². The number of benzene rings is 1. The van der Waals surface area contributed by atoms with E-state index >= 15 is 0 Å². The molecule has 0 aromatic heterocycles. The van der Waals surface area contributed by atoms with E-state index in [1.54, 1.807) is 30.3 Å². The van der Waals surface area contributed by atoms with Crippen molar-refractivity contribution < 1.29 is 19.1 Å². The van der Waals surface area contributed by atoms with E-state index in [-0.39, 0.29) is 17.5 Å². The van der Waals surface area contributed by atoms with Gasteiger partial charge in [-0.1, -0.05) is 26.0 Å². The third-order valence-corrected chi connectivity index (χ3v) is 3.57. The zero-order chi connectivity index (χ0) is 18.8. The molecule has 1 N–H and O–H groups in total. The first-order valence-electron chi connectivity index (χ1n) is 8.18. The van der Waals surface area contributed by atoms with Crippen molar-refractivity contribution in [1.29, 1.82) is 5.26 Å². The number of rotatable bonds is 8. The van der Waals surface area contributed by atoms with Crippen LogP contribution in [0.4, 0.5) is 0 Å². The van der Waals surface area contributed by atoms with Gasteiger partial charge >= 0.3 is 5.97 Å². The lowest BCUT2D eigenvalue weighted by molar-refractivity contribution is -0.144. The number of amides is 1. The van der Waals surface area contributed by atoms with E-state index in [9.17, 15) is 9.59 Å². The average Bonchev–Trinajstić information content (AvgIpc) is 2.59. The summed E-state index contributed by atoms with van der Waals surface area (Å²) in [5.74, 6) is -0.248. The molecule has 6 heteroatoms. The molecule has 0 bridgehead atoms. The molecule has 1 amide bonds. The van der Waals surface area contributed by atoms with Crippen molar-refractivity contribution in [2.75, 3.05) is 13.2 Å². The third-order valence-electron chi connectivity index (χ3n) is 3.57. The first-order valence-corrected chi connectivity index (χ1v) is 8.18. The van der Waals surface area contributed by atoms with Crippen molar-refractivity contribution in [3.05, 3.63) is 35.4 Å². The van der Waals surface area contributed by atoms with Crippen LogP contribution in [0.25, 0.3) is 6.08 Å². The number of carbonyl (C=O) groups excluding carboxylic acids is 2. The third kappa shape index (κ3) is 7.08. The maximum absolute atomic E-state index is 12.0. The number of nitrogens with zero attached hydrogens (tertiary/aromatic N) is 1. The Kier molecular flexibility index (Phi) is 8.21. The fourth-order valence-electron chi connectivity index (χ4n) is 1.80. The summed E-state index contributed by atoms with van der Waals surface area (Å²) in [6.07, 6.45) is 1.41. The average molecular weight is 344 g/mol. The molecular formula is C19H24N2O4. The summed E-state index contributed by atoms with van der Waals surface area (Å²) in [5.41, 5.74) is 0.490. The van der Waals surface area contributed by atoms with Gasteiger partial charge in [0.15, 0.2) is 6.61 Å². The number of hydrogen-bond acceptors (Lipinski definition) is 5. The van der Waals surface area contributed by atoms with Gasteiger partial charge < -0.3 is 14.8 Å². The van der Waals surface area contributed by atoms with Crippen molar-refractivity contribution >= 4 is 18.0 Å². The molecule has 25 heavy (non-hydrogen) atoms. The van der Waals surface area contributed by atoms with Gasteiger partial charge in [-0.15, -0.1) is 0 Å². The van der Waals surface area contributed by atoms with Crippen LogP contribution in [0.2, 0.25) is 0 Å². The van der Waals surface area contributed by atoms with Crippen LogP contribution < -0.4 is 10.1 Å². The molecule has 0 spiro atoms. The summed E-state index contributed by atoms with van der Waals surface area (Å²) in [7, 11) is 0. The maximum Gasteiger partial charge on any atom is 0.349 e. The second kappa shape index (κ2) is 10.1. The minimum atomic E-state index is -0.830. The van der Waals surface area contributed by atoms with Gasteiger partial charge in [0.05, 0.1) is 6.61 Å². The Morgan fingerprint density at radius 3 is 2.40 bits per heavy atom. The van der Waals surface area contributed by atoms with Gasteiger partial charge in [0.25, 0.3) is 5.91 Å². The normalized spacial score (nSPS) is 12.2. The van der Waals surface area contributed by atoms with Crippen LogP contribution in [0.15, 0.2) is 29.8 Å². The predicted octanol–water partition coefficient (Wildman–Crippen LogP) is 2.70. The van der Waals surface area contributed by atoms with Gasteiger partial charge in [-0.05, 0) is 43.5 Å². The van der Waals surface area contributed by atoms with Gasteiger partial charge in [0.2, 0.25) is 0 Å². The summed E-state index contributed by atoms with van der Waals surface area (Å²) < 4.78 is 10.2. The highest BCUT2D eigenvalue weighted by molar-refractivity contribution is 5.98. The van der Waals surface area contributed by atoms with Gasteiger partial charge in [-0.3, -0.25) is 4.79 Å². The molecule has 0 fully saturated rings. The lowest BCUT2D eigenvalue weighted by atomic mass is 10.1. The molecule has 134 valence electrons. The highest BCUT2D eigenvalue weighted by Gasteiger charge is 2.15.